The second-order valence-corrected chi connectivity index (χ2v) is 9.88. The molecule has 0 spiro atoms. The Bertz CT molecular complexity index is 1350. The van der Waals surface area contributed by atoms with Crippen molar-refractivity contribution in [2.24, 2.45) is 0 Å². The van der Waals surface area contributed by atoms with E-state index in [9.17, 15) is 18.0 Å². The molecule has 3 aromatic rings. The van der Waals surface area contributed by atoms with Gasteiger partial charge in [0.25, 0.3) is 10.0 Å². The lowest BCUT2D eigenvalue weighted by molar-refractivity contribution is -0.114. The molecule has 0 saturated heterocycles. The van der Waals surface area contributed by atoms with Crippen molar-refractivity contribution in [1.82, 2.24) is 0 Å². The molecule has 0 fully saturated rings. The SMILES string of the molecule is COC(=O)c1ccc(NC(=O)CN(c2ccc(C)c(C)c2)S(=O)(=O)c2cc(C)ccc2OC)cc1. The van der Waals surface area contributed by atoms with Crippen LogP contribution in [0, 0.1) is 20.8 Å². The van der Waals surface area contributed by atoms with Crippen LogP contribution in [-0.4, -0.2) is 41.1 Å². The topological polar surface area (TPSA) is 102 Å². The van der Waals surface area contributed by atoms with Crippen LogP contribution in [0.3, 0.4) is 0 Å². The lowest BCUT2D eigenvalue weighted by Crippen LogP contribution is -2.38. The van der Waals surface area contributed by atoms with Gasteiger partial charge in [0.15, 0.2) is 0 Å². The number of anilines is 2. The van der Waals surface area contributed by atoms with Crippen LogP contribution >= 0.6 is 0 Å². The summed E-state index contributed by atoms with van der Waals surface area (Å²) in [5.74, 6) is -0.866. The van der Waals surface area contributed by atoms with Crippen LogP contribution in [-0.2, 0) is 19.6 Å². The number of nitrogens with zero attached hydrogens (tertiary/aromatic N) is 1. The molecular weight excluding hydrogens is 468 g/mol. The van der Waals surface area contributed by atoms with E-state index in [-0.39, 0.29) is 10.6 Å². The molecule has 184 valence electrons. The number of nitrogens with one attached hydrogen (secondary N) is 1. The molecule has 0 unspecified atom stereocenters. The van der Waals surface area contributed by atoms with E-state index in [1.165, 1.54) is 32.4 Å². The smallest absolute Gasteiger partial charge is 0.337 e. The van der Waals surface area contributed by atoms with Crippen molar-refractivity contribution in [1.29, 1.82) is 0 Å². The maximum atomic E-state index is 13.8. The number of aryl methyl sites for hydroxylation is 3. The van der Waals surface area contributed by atoms with Crippen LogP contribution in [0.25, 0.3) is 0 Å². The van der Waals surface area contributed by atoms with Crippen molar-refractivity contribution >= 4 is 33.3 Å². The Morgan fingerprint density at radius 2 is 1.57 bits per heavy atom. The summed E-state index contributed by atoms with van der Waals surface area (Å²) in [5, 5.41) is 2.69. The second-order valence-electron chi connectivity index (χ2n) is 8.05. The van der Waals surface area contributed by atoms with Crippen LogP contribution in [0.4, 0.5) is 11.4 Å². The third kappa shape index (κ3) is 5.81. The molecule has 0 aliphatic carbocycles. The average molecular weight is 497 g/mol. The predicted octanol–water partition coefficient (Wildman–Crippen LogP) is 4.24. The van der Waals surface area contributed by atoms with Gasteiger partial charge in [-0.1, -0.05) is 12.1 Å². The summed E-state index contributed by atoms with van der Waals surface area (Å²) >= 11 is 0. The first kappa shape index (κ1) is 25.8. The van der Waals surface area contributed by atoms with E-state index in [4.69, 9.17) is 4.74 Å². The quantitative estimate of drug-likeness (QED) is 0.468. The van der Waals surface area contributed by atoms with Gasteiger partial charge in [0, 0.05) is 5.69 Å². The average Bonchev–Trinajstić information content (AvgIpc) is 2.84. The zero-order valence-corrected chi connectivity index (χ0v) is 21.1. The summed E-state index contributed by atoms with van der Waals surface area (Å²) in [7, 11) is -1.49. The first-order chi connectivity index (χ1) is 16.6. The third-order valence-electron chi connectivity index (χ3n) is 5.54. The Kier molecular flexibility index (Phi) is 7.81. The molecule has 8 nitrogen and oxygen atoms in total. The number of hydrogen-bond donors (Lipinski definition) is 1. The summed E-state index contributed by atoms with van der Waals surface area (Å²) in [6.45, 7) is 5.11. The molecule has 0 aliphatic heterocycles. The fraction of sp³-hybridized carbons (Fsp3) is 0.231. The lowest BCUT2D eigenvalue weighted by Gasteiger charge is -2.26. The molecule has 0 bridgehead atoms. The fourth-order valence-corrected chi connectivity index (χ4v) is 5.09. The summed E-state index contributed by atoms with van der Waals surface area (Å²) < 4.78 is 38.7. The Morgan fingerprint density at radius 1 is 0.886 bits per heavy atom. The molecule has 0 aromatic heterocycles. The van der Waals surface area contributed by atoms with Gasteiger partial charge in [-0.05, 0) is 86.0 Å². The number of esters is 1. The van der Waals surface area contributed by atoms with Gasteiger partial charge < -0.3 is 14.8 Å². The Hall–Kier alpha value is -3.85. The normalized spacial score (nSPS) is 11.0. The minimum atomic E-state index is -4.17. The monoisotopic (exact) mass is 496 g/mol. The second kappa shape index (κ2) is 10.6. The first-order valence-corrected chi connectivity index (χ1v) is 12.2. The highest BCUT2D eigenvalue weighted by Gasteiger charge is 2.30. The Balaban J connectivity index is 1.98. The maximum Gasteiger partial charge on any atom is 0.337 e. The summed E-state index contributed by atoms with van der Waals surface area (Å²) in [5.41, 5.74) is 3.71. The number of methoxy groups -OCH3 is 2. The minimum Gasteiger partial charge on any atom is -0.495 e. The zero-order chi connectivity index (χ0) is 25.8. The molecule has 3 rings (SSSR count). The van der Waals surface area contributed by atoms with Crippen molar-refractivity contribution in [3.63, 3.8) is 0 Å². The van der Waals surface area contributed by atoms with E-state index in [0.717, 1.165) is 21.0 Å². The molecule has 9 heteroatoms. The van der Waals surface area contributed by atoms with Gasteiger partial charge in [-0.15, -0.1) is 0 Å². The van der Waals surface area contributed by atoms with E-state index < -0.39 is 28.4 Å². The van der Waals surface area contributed by atoms with Crippen molar-refractivity contribution in [2.75, 3.05) is 30.4 Å². The van der Waals surface area contributed by atoms with Gasteiger partial charge in [-0.3, -0.25) is 9.10 Å². The molecule has 0 atom stereocenters. The van der Waals surface area contributed by atoms with E-state index in [1.807, 2.05) is 19.9 Å². The van der Waals surface area contributed by atoms with Gasteiger partial charge in [0.2, 0.25) is 5.91 Å². The van der Waals surface area contributed by atoms with Gasteiger partial charge in [-0.2, -0.15) is 0 Å². The zero-order valence-electron chi connectivity index (χ0n) is 20.3. The van der Waals surface area contributed by atoms with Crippen molar-refractivity contribution in [3.8, 4) is 5.75 Å². The molecule has 1 amide bonds. The fourth-order valence-electron chi connectivity index (χ4n) is 3.44. The van der Waals surface area contributed by atoms with Gasteiger partial charge >= 0.3 is 5.97 Å². The number of benzene rings is 3. The summed E-state index contributed by atoms with van der Waals surface area (Å²) in [6, 6.07) is 16.2. The van der Waals surface area contributed by atoms with E-state index >= 15 is 0 Å². The number of carbonyl (C=O) groups is 2. The number of ether oxygens (including phenoxy) is 2. The van der Waals surface area contributed by atoms with Crippen LogP contribution in [0.2, 0.25) is 0 Å². The van der Waals surface area contributed by atoms with Gasteiger partial charge in [0.05, 0.1) is 25.5 Å². The largest absolute Gasteiger partial charge is 0.495 e. The van der Waals surface area contributed by atoms with Crippen LogP contribution < -0.4 is 14.4 Å². The standard InChI is InChI=1S/C26H28N2O6S/c1-17-6-13-23(33-4)24(14-17)35(31,32)28(22-12-7-18(2)19(3)15-22)16-25(29)27-21-10-8-20(9-11-21)26(30)34-5/h6-15H,16H2,1-5H3,(H,27,29). The van der Waals surface area contributed by atoms with E-state index in [2.05, 4.69) is 10.1 Å². The third-order valence-corrected chi connectivity index (χ3v) is 7.34. The molecule has 0 saturated carbocycles. The summed E-state index contributed by atoms with van der Waals surface area (Å²) in [6.07, 6.45) is 0. The first-order valence-electron chi connectivity index (χ1n) is 10.8. The van der Waals surface area contributed by atoms with Crippen LogP contribution in [0.1, 0.15) is 27.0 Å². The number of hydrogen-bond acceptors (Lipinski definition) is 6. The van der Waals surface area contributed by atoms with Crippen molar-refractivity contribution < 1.29 is 27.5 Å². The summed E-state index contributed by atoms with van der Waals surface area (Å²) in [4.78, 5) is 24.6. The van der Waals surface area contributed by atoms with Crippen molar-refractivity contribution in [2.45, 2.75) is 25.7 Å². The van der Waals surface area contributed by atoms with Crippen LogP contribution in [0.5, 0.6) is 5.75 Å². The Morgan fingerprint density at radius 3 is 2.17 bits per heavy atom. The van der Waals surface area contributed by atoms with Crippen LogP contribution in [0.15, 0.2) is 65.6 Å². The lowest BCUT2D eigenvalue weighted by atomic mass is 10.1. The highest BCUT2D eigenvalue weighted by molar-refractivity contribution is 7.93. The maximum absolute atomic E-state index is 13.8. The molecule has 1 N–H and O–H groups in total. The number of carbonyl (C=O) groups excluding carboxylic acids is 2. The van der Waals surface area contributed by atoms with Crippen molar-refractivity contribution in [3.05, 3.63) is 82.9 Å². The Labute approximate surface area is 205 Å². The molecule has 0 heterocycles. The molecule has 35 heavy (non-hydrogen) atoms. The van der Waals surface area contributed by atoms with E-state index in [0.29, 0.717) is 16.9 Å². The number of rotatable bonds is 8. The predicted molar refractivity (Wildman–Crippen MR) is 135 cm³/mol. The number of sulfonamides is 1. The molecule has 3 aromatic carbocycles. The highest BCUT2D eigenvalue weighted by atomic mass is 32.2. The number of amides is 1. The van der Waals surface area contributed by atoms with Gasteiger partial charge in [0.1, 0.15) is 17.2 Å². The minimum absolute atomic E-state index is 0.0338. The van der Waals surface area contributed by atoms with Gasteiger partial charge in [-0.25, -0.2) is 13.2 Å². The molecule has 0 aliphatic rings. The molecule has 0 radical (unpaired) electrons. The highest BCUT2D eigenvalue weighted by Crippen LogP contribution is 2.31. The molecular formula is C26H28N2O6S. The van der Waals surface area contributed by atoms with E-state index in [1.54, 1.807) is 43.3 Å².